The maximum Gasteiger partial charge on any atom is 0.261 e. The Morgan fingerprint density at radius 2 is 1.71 bits per heavy atom. The Bertz CT molecular complexity index is 1100. The van der Waals surface area contributed by atoms with E-state index in [4.69, 9.17) is 21.1 Å². The van der Waals surface area contributed by atoms with Crippen LogP contribution in [0.1, 0.15) is 17.2 Å². The molecule has 1 atom stereocenters. The van der Waals surface area contributed by atoms with E-state index < -0.39 is 6.04 Å². The lowest BCUT2D eigenvalue weighted by atomic mass is 10.0. The smallest absolute Gasteiger partial charge is 0.261 e. The zero-order chi connectivity index (χ0) is 24.3. The number of nitrogens with zero attached hydrogens (tertiary/aromatic N) is 1. The third-order valence-electron chi connectivity index (χ3n) is 5.12. The first-order chi connectivity index (χ1) is 16.5. The van der Waals surface area contributed by atoms with Crippen LogP contribution in [0.4, 0.5) is 0 Å². The van der Waals surface area contributed by atoms with E-state index in [0.717, 1.165) is 5.56 Å². The van der Waals surface area contributed by atoms with E-state index in [1.807, 2.05) is 54.6 Å². The number of carbonyl (C=O) groups excluding carboxylic acids is 2. The van der Waals surface area contributed by atoms with Gasteiger partial charge in [0.25, 0.3) is 5.91 Å². The molecule has 0 aromatic heterocycles. The number of methoxy groups -OCH3 is 1. The Kier molecular flexibility index (Phi) is 9.12. The molecule has 0 spiro atoms. The number of hydrogen-bond donors (Lipinski definition) is 1. The minimum absolute atomic E-state index is 0.190. The molecule has 0 aliphatic carbocycles. The van der Waals surface area contributed by atoms with Gasteiger partial charge in [0, 0.05) is 13.1 Å². The molecule has 0 saturated heterocycles. The number of para-hydroxylation sites is 1. The van der Waals surface area contributed by atoms with Gasteiger partial charge in [-0.3, -0.25) is 9.59 Å². The van der Waals surface area contributed by atoms with Crippen LogP contribution in [0.5, 0.6) is 11.5 Å². The van der Waals surface area contributed by atoms with Gasteiger partial charge in [-0.1, -0.05) is 72.3 Å². The van der Waals surface area contributed by atoms with Crippen molar-refractivity contribution < 1.29 is 19.1 Å². The molecule has 0 fully saturated rings. The maximum absolute atomic E-state index is 13.5. The van der Waals surface area contributed by atoms with Crippen molar-refractivity contribution in [1.29, 1.82) is 0 Å². The molecule has 3 aromatic carbocycles. The predicted octanol–water partition coefficient (Wildman–Crippen LogP) is 4.80. The minimum Gasteiger partial charge on any atom is -0.497 e. The zero-order valence-electron chi connectivity index (χ0n) is 18.9. The first-order valence-electron chi connectivity index (χ1n) is 10.8. The second-order valence-electron chi connectivity index (χ2n) is 7.44. The summed E-state index contributed by atoms with van der Waals surface area (Å²) in [4.78, 5) is 28.2. The number of benzene rings is 3. The summed E-state index contributed by atoms with van der Waals surface area (Å²) >= 11 is 6.18. The highest BCUT2D eigenvalue weighted by Crippen LogP contribution is 2.26. The van der Waals surface area contributed by atoms with Gasteiger partial charge in [-0.2, -0.15) is 0 Å². The second-order valence-corrected chi connectivity index (χ2v) is 7.84. The molecule has 0 saturated carbocycles. The molecule has 34 heavy (non-hydrogen) atoms. The fourth-order valence-electron chi connectivity index (χ4n) is 3.41. The molecule has 6 nitrogen and oxygen atoms in total. The van der Waals surface area contributed by atoms with Crippen LogP contribution in [0.2, 0.25) is 5.02 Å². The van der Waals surface area contributed by atoms with E-state index in [2.05, 4.69) is 11.9 Å². The first-order valence-corrected chi connectivity index (χ1v) is 11.1. The Morgan fingerprint density at radius 3 is 2.35 bits per heavy atom. The van der Waals surface area contributed by atoms with Crippen molar-refractivity contribution in [3.63, 3.8) is 0 Å². The van der Waals surface area contributed by atoms with Crippen LogP contribution in [-0.4, -0.2) is 37.0 Å². The fourth-order valence-corrected chi connectivity index (χ4v) is 3.60. The van der Waals surface area contributed by atoms with Crippen LogP contribution >= 0.6 is 11.6 Å². The normalized spacial score (nSPS) is 11.2. The molecule has 0 aliphatic heterocycles. The molecule has 0 bridgehead atoms. The summed E-state index contributed by atoms with van der Waals surface area (Å²) in [6.45, 7) is 3.85. The summed E-state index contributed by atoms with van der Waals surface area (Å²) in [6, 6.07) is 22.6. The van der Waals surface area contributed by atoms with E-state index in [-0.39, 0.29) is 31.5 Å². The number of nitrogens with one attached hydrogen (secondary N) is 1. The summed E-state index contributed by atoms with van der Waals surface area (Å²) in [5.74, 6) is 0.422. The second kappa shape index (κ2) is 12.5. The van der Waals surface area contributed by atoms with Crippen LogP contribution in [0.25, 0.3) is 0 Å². The van der Waals surface area contributed by atoms with Gasteiger partial charge in [0.2, 0.25) is 5.91 Å². The molecular weight excluding hydrogens is 452 g/mol. The highest BCUT2D eigenvalue weighted by atomic mass is 35.5. The van der Waals surface area contributed by atoms with Gasteiger partial charge in [-0.05, 0) is 35.4 Å². The average Bonchev–Trinajstić information content (AvgIpc) is 2.87. The molecule has 3 rings (SSSR count). The number of halogens is 1. The van der Waals surface area contributed by atoms with Gasteiger partial charge in [0.05, 0.1) is 12.1 Å². The van der Waals surface area contributed by atoms with E-state index >= 15 is 0 Å². The van der Waals surface area contributed by atoms with Crippen molar-refractivity contribution in [2.24, 2.45) is 0 Å². The number of amides is 2. The molecular formula is C27H27ClN2O4. The summed E-state index contributed by atoms with van der Waals surface area (Å²) in [5.41, 5.74) is 1.52. The average molecular weight is 479 g/mol. The lowest BCUT2D eigenvalue weighted by molar-refractivity contribution is -0.143. The molecule has 0 radical (unpaired) electrons. The van der Waals surface area contributed by atoms with Crippen LogP contribution < -0.4 is 14.8 Å². The number of rotatable bonds is 11. The molecule has 0 aliphatic rings. The number of hydrogen-bond acceptors (Lipinski definition) is 4. The van der Waals surface area contributed by atoms with Crippen LogP contribution in [0, 0.1) is 0 Å². The monoisotopic (exact) mass is 478 g/mol. The Hall–Kier alpha value is -3.77. The largest absolute Gasteiger partial charge is 0.497 e. The van der Waals surface area contributed by atoms with E-state index in [1.165, 1.54) is 4.90 Å². The van der Waals surface area contributed by atoms with Gasteiger partial charge in [-0.25, -0.2) is 0 Å². The minimum atomic E-state index is -0.870. The van der Waals surface area contributed by atoms with Gasteiger partial charge < -0.3 is 19.7 Å². The summed E-state index contributed by atoms with van der Waals surface area (Å²) in [5, 5.41) is 3.22. The van der Waals surface area contributed by atoms with Gasteiger partial charge in [-0.15, -0.1) is 6.58 Å². The lowest BCUT2D eigenvalue weighted by Gasteiger charge is -2.31. The highest BCUT2D eigenvalue weighted by Gasteiger charge is 2.31. The van der Waals surface area contributed by atoms with Crippen molar-refractivity contribution in [1.82, 2.24) is 10.2 Å². The third kappa shape index (κ3) is 6.62. The highest BCUT2D eigenvalue weighted by molar-refractivity contribution is 6.32. The third-order valence-corrected chi connectivity index (χ3v) is 5.43. The fraction of sp³-hybridized carbons (Fsp3) is 0.185. The number of ether oxygens (including phenoxy) is 2. The van der Waals surface area contributed by atoms with Crippen molar-refractivity contribution in [2.45, 2.75) is 12.6 Å². The number of carbonyl (C=O) groups is 2. The Labute approximate surface area is 204 Å². The Morgan fingerprint density at radius 1 is 1.03 bits per heavy atom. The maximum atomic E-state index is 13.5. The summed E-state index contributed by atoms with van der Waals surface area (Å²) in [7, 11) is 1.59. The molecule has 7 heteroatoms. The van der Waals surface area contributed by atoms with Crippen LogP contribution in [0.3, 0.4) is 0 Å². The molecule has 176 valence electrons. The quantitative estimate of drug-likeness (QED) is 0.402. The summed E-state index contributed by atoms with van der Waals surface area (Å²) < 4.78 is 10.9. The molecule has 3 aromatic rings. The lowest BCUT2D eigenvalue weighted by Crippen LogP contribution is -2.45. The predicted molar refractivity (Wildman–Crippen MR) is 133 cm³/mol. The Balaban J connectivity index is 1.94. The molecule has 2 amide bonds. The SMILES string of the molecule is C=CCNC(=O)[C@H](c1ccccc1)N(Cc1ccc(OC)cc1)C(=O)COc1ccccc1Cl. The zero-order valence-corrected chi connectivity index (χ0v) is 19.7. The summed E-state index contributed by atoms with van der Waals surface area (Å²) in [6.07, 6.45) is 1.59. The van der Waals surface area contributed by atoms with Crippen molar-refractivity contribution in [3.05, 3.63) is 108 Å². The van der Waals surface area contributed by atoms with E-state index in [1.54, 1.807) is 37.5 Å². The van der Waals surface area contributed by atoms with Gasteiger partial charge in [0.15, 0.2) is 6.61 Å². The van der Waals surface area contributed by atoms with E-state index in [0.29, 0.717) is 22.1 Å². The van der Waals surface area contributed by atoms with Crippen molar-refractivity contribution in [2.75, 3.05) is 20.3 Å². The molecule has 0 heterocycles. The van der Waals surface area contributed by atoms with Gasteiger partial charge >= 0.3 is 0 Å². The molecule has 1 N–H and O–H groups in total. The molecule has 0 unspecified atom stereocenters. The standard InChI is InChI=1S/C27H27ClN2O4/c1-3-17-29-27(32)26(21-9-5-4-6-10-21)30(18-20-13-15-22(33-2)16-14-20)25(31)19-34-24-12-8-7-11-23(24)28/h3-16,26H,1,17-19H2,2H3,(H,29,32)/t26-/m0/s1. The van der Waals surface area contributed by atoms with Crippen LogP contribution in [0.15, 0.2) is 91.5 Å². The van der Waals surface area contributed by atoms with Crippen molar-refractivity contribution in [3.8, 4) is 11.5 Å². The van der Waals surface area contributed by atoms with Gasteiger partial charge in [0.1, 0.15) is 17.5 Å². The van der Waals surface area contributed by atoms with Crippen molar-refractivity contribution >= 4 is 23.4 Å². The van der Waals surface area contributed by atoms with Crippen LogP contribution in [-0.2, 0) is 16.1 Å². The van der Waals surface area contributed by atoms with E-state index in [9.17, 15) is 9.59 Å². The topological polar surface area (TPSA) is 67.9 Å². The first kappa shape index (κ1) is 24.9.